The summed E-state index contributed by atoms with van der Waals surface area (Å²) in [5.41, 5.74) is 0.925. The van der Waals surface area contributed by atoms with Crippen molar-refractivity contribution in [3.8, 4) is 0 Å². The summed E-state index contributed by atoms with van der Waals surface area (Å²) in [7, 11) is -3.76. The molecule has 1 aromatic heterocycles. The van der Waals surface area contributed by atoms with Crippen LogP contribution in [-0.2, 0) is 30.8 Å². The van der Waals surface area contributed by atoms with E-state index in [1.807, 2.05) is 0 Å². The lowest BCUT2D eigenvalue weighted by Crippen LogP contribution is -2.40. The fraction of sp³-hybridized carbons (Fsp3) is 0.304. The van der Waals surface area contributed by atoms with E-state index in [1.165, 1.54) is 28.6 Å². The third-order valence-electron chi connectivity index (χ3n) is 5.18. The fourth-order valence-corrected chi connectivity index (χ4v) is 5.00. The maximum absolute atomic E-state index is 12.9. The highest BCUT2D eigenvalue weighted by Gasteiger charge is 2.27. The standard InChI is InChI=1S/C23H23NO8S/c1-2-30-23(26)21-19(18-8-3-4-9-20(18)32-21)15-31-22(25)16-6-5-7-17(14-16)33(27,28)24-10-12-29-13-11-24/h3-9,14H,2,10-13,15H2,1H3. The molecule has 0 aliphatic carbocycles. The molecule has 1 fully saturated rings. The Morgan fingerprint density at radius 2 is 1.76 bits per heavy atom. The molecule has 0 atom stereocenters. The summed E-state index contributed by atoms with van der Waals surface area (Å²) in [5, 5.41) is 0.622. The van der Waals surface area contributed by atoms with Crippen LogP contribution in [0, 0.1) is 0 Å². The van der Waals surface area contributed by atoms with E-state index < -0.39 is 22.0 Å². The van der Waals surface area contributed by atoms with Crippen molar-refractivity contribution >= 4 is 32.9 Å². The monoisotopic (exact) mass is 473 g/mol. The van der Waals surface area contributed by atoms with Gasteiger partial charge in [0, 0.05) is 18.5 Å². The molecule has 0 N–H and O–H groups in total. The number of sulfonamides is 1. The largest absolute Gasteiger partial charge is 0.460 e. The third kappa shape index (κ3) is 4.77. The molecule has 0 radical (unpaired) electrons. The van der Waals surface area contributed by atoms with Crippen LogP contribution < -0.4 is 0 Å². The van der Waals surface area contributed by atoms with Gasteiger partial charge in [0.05, 0.1) is 35.8 Å². The molecule has 0 bridgehead atoms. The summed E-state index contributed by atoms with van der Waals surface area (Å²) < 4.78 is 48.4. The Balaban J connectivity index is 1.55. The average Bonchev–Trinajstić information content (AvgIpc) is 3.22. The van der Waals surface area contributed by atoms with Crippen LogP contribution in [0.15, 0.2) is 57.8 Å². The predicted octanol–water partition coefficient (Wildman–Crippen LogP) is 2.99. The molecule has 1 aliphatic heterocycles. The van der Waals surface area contributed by atoms with Crippen LogP contribution in [0.2, 0.25) is 0 Å². The number of carbonyl (C=O) groups excluding carboxylic acids is 2. The molecule has 3 aromatic rings. The molecular formula is C23H23NO8S. The highest BCUT2D eigenvalue weighted by atomic mass is 32.2. The highest BCUT2D eigenvalue weighted by Crippen LogP contribution is 2.28. The molecule has 4 rings (SSSR count). The minimum Gasteiger partial charge on any atom is -0.460 e. The first-order valence-electron chi connectivity index (χ1n) is 10.4. The van der Waals surface area contributed by atoms with E-state index in [9.17, 15) is 18.0 Å². The van der Waals surface area contributed by atoms with E-state index in [2.05, 4.69) is 0 Å². The summed E-state index contributed by atoms with van der Waals surface area (Å²) in [6.45, 7) is 2.75. The average molecular weight is 474 g/mol. The number of hydrogen-bond acceptors (Lipinski definition) is 8. The van der Waals surface area contributed by atoms with E-state index in [0.29, 0.717) is 29.7 Å². The lowest BCUT2D eigenvalue weighted by Gasteiger charge is -2.26. The summed E-state index contributed by atoms with van der Waals surface area (Å²) in [6.07, 6.45) is 0. The number of hydrogen-bond donors (Lipinski definition) is 0. The van der Waals surface area contributed by atoms with E-state index >= 15 is 0 Å². The van der Waals surface area contributed by atoms with E-state index in [4.69, 9.17) is 18.6 Å². The van der Waals surface area contributed by atoms with Crippen molar-refractivity contribution in [2.24, 2.45) is 0 Å². The molecule has 0 amide bonds. The van der Waals surface area contributed by atoms with Crippen molar-refractivity contribution in [2.75, 3.05) is 32.9 Å². The number of ether oxygens (including phenoxy) is 3. The van der Waals surface area contributed by atoms with Gasteiger partial charge < -0.3 is 18.6 Å². The molecule has 2 aromatic carbocycles. The van der Waals surface area contributed by atoms with Crippen LogP contribution in [-0.4, -0.2) is 57.6 Å². The first kappa shape index (κ1) is 23.0. The Labute approximate surface area is 190 Å². The van der Waals surface area contributed by atoms with Crippen LogP contribution in [0.4, 0.5) is 0 Å². The van der Waals surface area contributed by atoms with Gasteiger partial charge in [0.1, 0.15) is 12.2 Å². The van der Waals surface area contributed by atoms with Gasteiger partial charge in [0.15, 0.2) is 0 Å². The number of rotatable bonds is 7. The number of para-hydroxylation sites is 1. The van der Waals surface area contributed by atoms with Crippen molar-refractivity contribution in [1.29, 1.82) is 0 Å². The Bertz CT molecular complexity index is 1270. The van der Waals surface area contributed by atoms with Crippen LogP contribution in [0.5, 0.6) is 0 Å². The summed E-state index contributed by atoms with van der Waals surface area (Å²) in [4.78, 5) is 25.1. The van der Waals surface area contributed by atoms with Crippen molar-refractivity contribution in [3.05, 3.63) is 65.4 Å². The number of nitrogens with zero attached hydrogens (tertiary/aromatic N) is 1. The molecule has 174 valence electrons. The van der Waals surface area contributed by atoms with E-state index in [1.54, 1.807) is 31.2 Å². The number of carbonyl (C=O) groups is 2. The molecule has 0 unspecified atom stereocenters. The minimum absolute atomic E-state index is 0.000163. The minimum atomic E-state index is -3.76. The first-order chi connectivity index (χ1) is 15.9. The lowest BCUT2D eigenvalue weighted by atomic mass is 10.1. The second-order valence-corrected chi connectivity index (χ2v) is 9.18. The zero-order valence-corrected chi connectivity index (χ0v) is 18.8. The molecule has 10 heteroatoms. The van der Waals surface area contributed by atoms with Crippen LogP contribution in [0.1, 0.15) is 33.4 Å². The van der Waals surface area contributed by atoms with Gasteiger partial charge in [-0.2, -0.15) is 4.31 Å². The molecule has 1 aliphatic rings. The van der Waals surface area contributed by atoms with Crippen molar-refractivity contribution in [3.63, 3.8) is 0 Å². The van der Waals surface area contributed by atoms with Gasteiger partial charge in [-0.25, -0.2) is 18.0 Å². The summed E-state index contributed by atoms with van der Waals surface area (Å²) in [6, 6.07) is 12.7. The van der Waals surface area contributed by atoms with Gasteiger partial charge in [-0.1, -0.05) is 24.3 Å². The highest BCUT2D eigenvalue weighted by molar-refractivity contribution is 7.89. The molecule has 2 heterocycles. The van der Waals surface area contributed by atoms with Gasteiger partial charge >= 0.3 is 11.9 Å². The molecular weight excluding hydrogens is 450 g/mol. The SMILES string of the molecule is CCOC(=O)c1oc2ccccc2c1COC(=O)c1cccc(S(=O)(=O)N2CCOCC2)c1. The van der Waals surface area contributed by atoms with Gasteiger partial charge in [-0.05, 0) is 31.2 Å². The summed E-state index contributed by atoms with van der Waals surface area (Å²) >= 11 is 0. The van der Waals surface area contributed by atoms with Crippen LogP contribution >= 0.6 is 0 Å². The second kappa shape index (κ2) is 9.74. The second-order valence-electron chi connectivity index (χ2n) is 7.25. The number of furan rings is 1. The predicted molar refractivity (Wildman–Crippen MR) is 117 cm³/mol. The normalized spacial score (nSPS) is 14.8. The number of fused-ring (bicyclic) bond motifs is 1. The molecule has 1 saturated heterocycles. The molecule has 0 spiro atoms. The van der Waals surface area contributed by atoms with E-state index in [0.717, 1.165) is 0 Å². The first-order valence-corrected chi connectivity index (χ1v) is 11.9. The van der Waals surface area contributed by atoms with Gasteiger partial charge in [-0.15, -0.1) is 0 Å². The Hall–Kier alpha value is -3.21. The van der Waals surface area contributed by atoms with Crippen LogP contribution in [0.25, 0.3) is 11.0 Å². The smallest absolute Gasteiger partial charge is 0.374 e. The maximum atomic E-state index is 12.9. The van der Waals surface area contributed by atoms with Crippen molar-refractivity contribution in [2.45, 2.75) is 18.4 Å². The third-order valence-corrected chi connectivity index (χ3v) is 7.08. The number of esters is 2. The van der Waals surface area contributed by atoms with Crippen molar-refractivity contribution in [1.82, 2.24) is 4.31 Å². The molecule has 9 nitrogen and oxygen atoms in total. The Morgan fingerprint density at radius 3 is 2.52 bits per heavy atom. The number of morpholine rings is 1. The maximum Gasteiger partial charge on any atom is 0.374 e. The molecule has 33 heavy (non-hydrogen) atoms. The van der Waals surface area contributed by atoms with Gasteiger partial charge in [-0.3, -0.25) is 0 Å². The van der Waals surface area contributed by atoms with Gasteiger partial charge in [0.25, 0.3) is 0 Å². The summed E-state index contributed by atoms with van der Waals surface area (Å²) in [5.74, 6) is -1.41. The molecule has 0 saturated carbocycles. The van der Waals surface area contributed by atoms with Crippen molar-refractivity contribution < 1.29 is 36.6 Å². The topological polar surface area (TPSA) is 112 Å². The zero-order valence-electron chi connectivity index (χ0n) is 18.0. The zero-order chi connectivity index (χ0) is 23.4. The fourth-order valence-electron chi connectivity index (χ4n) is 3.54. The number of benzene rings is 2. The van der Waals surface area contributed by atoms with Gasteiger partial charge in [0.2, 0.25) is 15.8 Å². The van der Waals surface area contributed by atoms with E-state index in [-0.39, 0.29) is 42.5 Å². The lowest BCUT2D eigenvalue weighted by molar-refractivity contribution is 0.0435. The quantitative estimate of drug-likeness (QED) is 0.482. The Morgan fingerprint density at radius 1 is 1.00 bits per heavy atom. The van der Waals surface area contributed by atoms with Crippen LogP contribution in [0.3, 0.4) is 0 Å². The Kier molecular flexibility index (Phi) is 6.77.